The van der Waals surface area contributed by atoms with Crippen molar-refractivity contribution in [3.63, 3.8) is 0 Å². The molecule has 8 nitrogen and oxygen atoms in total. The van der Waals surface area contributed by atoms with Crippen LogP contribution in [-0.2, 0) is 23.1 Å². The number of aliphatic hydroxyl groups is 1. The van der Waals surface area contributed by atoms with Crippen LogP contribution in [-0.4, -0.2) is 77.6 Å². The zero-order chi connectivity index (χ0) is 31.6. The molecule has 0 spiro atoms. The highest BCUT2D eigenvalue weighted by Crippen LogP contribution is 2.40. The van der Waals surface area contributed by atoms with Crippen LogP contribution in [0.2, 0.25) is 0 Å². The summed E-state index contributed by atoms with van der Waals surface area (Å²) in [6.07, 6.45) is 11.5. The molecule has 10 heteroatoms. The van der Waals surface area contributed by atoms with Crippen LogP contribution in [0.25, 0.3) is 11.5 Å². The van der Waals surface area contributed by atoms with E-state index in [1.54, 1.807) is 13.0 Å². The quantitative estimate of drug-likeness (QED) is 0.352. The van der Waals surface area contributed by atoms with E-state index in [0.717, 1.165) is 66.3 Å². The number of fused-ring (bicyclic) bond motifs is 5. The number of nitrogens with zero attached hydrogens (tertiary/aromatic N) is 4. The molecule has 2 fully saturated rings. The van der Waals surface area contributed by atoms with Gasteiger partial charge in [0.1, 0.15) is 21.5 Å². The van der Waals surface area contributed by atoms with Crippen LogP contribution in [0.5, 0.6) is 0 Å². The Hall–Kier alpha value is -3.26. The lowest BCUT2D eigenvalue weighted by molar-refractivity contribution is -0.121. The van der Waals surface area contributed by atoms with Crippen LogP contribution in [0.1, 0.15) is 99.8 Å². The summed E-state index contributed by atoms with van der Waals surface area (Å²) < 4.78 is 1.99. The summed E-state index contributed by atoms with van der Waals surface area (Å²) in [6.45, 7) is 11.7. The lowest BCUT2D eigenvalue weighted by atomic mass is 9.76. The molecule has 3 heterocycles. The number of allylic oxidation sites excluding steroid dienone is 1. The van der Waals surface area contributed by atoms with Gasteiger partial charge in [-0.05, 0) is 79.7 Å². The van der Waals surface area contributed by atoms with Gasteiger partial charge >= 0.3 is 0 Å². The van der Waals surface area contributed by atoms with E-state index in [1.807, 2.05) is 41.6 Å². The van der Waals surface area contributed by atoms with Gasteiger partial charge in [-0.2, -0.15) is 5.10 Å². The Kier molecular flexibility index (Phi) is 9.49. The fourth-order valence-corrected chi connectivity index (χ4v) is 6.73. The largest absolute Gasteiger partial charge is 0.396 e. The summed E-state index contributed by atoms with van der Waals surface area (Å²) in [5, 5.41) is 27.0. The highest BCUT2D eigenvalue weighted by molar-refractivity contribution is 6.15. The SMILES string of the molecule is [B]C(C)(O)c1ccc2c(c1)C(=C)N1CCCCC1c1cc(CC3CCC3)n(n1)/C(=C\C=N)N(C([B])(C)C)CCNC(=O)CC2. The standard InChI is InChI=1S/C34H46B2N6O2/c1-23-28-21-26(34(4,36)44)13-11-25(28)12-14-31(43)38-17-19-41(33(2,3)35)32(15-16-37)42-27(20-24-8-7-9-24)22-29(39-42)30-10-5-6-18-40(23)30/h11,13,15-16,21-22,24,30,37,44H,1,5-10,12,14,17-20H2,2-4H3,(H,38,43)/b32-15-,37-16?. The van der Waals surface area contributed by atoms with E-state index >= 15 is 0 Å². The number of benzene rings is 1. The second kappa shape index (κ2) is 13.0. The molecule has 44 heavy (non-hydrogen) atoms. The molecule has 1 saturated heterocycles. The first kappa shape index (κ1) is 32.1. The number of carbonyl (C=O) groups is 1. The molecule has 1 saturated carbocycles. The van der Waals surface area contributed by atoms with Gasteiger partial charge in [-0.15, -0.1) is 0 Å². The maximum Gasteiger partial charge on any atom is 0.220 e. The summed E-state index contributed by atoms with van der Waals surface area (Å²) in [5.41, 5.74) is 3.16. The van der Waals surface area contributed by atoms with Crippen molar-refractivity contribution in [3.05, 3.63) is 65.0 Å². The van der Waals surface area contributed by atoms with Crippen molar-refractivity contribution in [2.45, 2.75) is 95.5 Å². The van der Waals surface area contributed by atoms with Crippen molar-refractivity contribution < 1.29 is 9.90 Å². The molecule has 3 aliphatic rings. The predicted octanol–water partition coefficient (Wildman–Crippen LogP) is 4.47. The third-order valence-electron chi connectivity index (χ3n) is 9.42. The number of rotatable bonds is 5. The molecule has 4 radical (unpaired) electrons. The van der Waals surface area contributed by atoms with E-state index in [-0.39, 0.29) is 11.9 Å². The molecule has 2 atom stereocenters. The Morgan fingerprint density at radius 2 is 1.89 bits per heavy atom. The van der Waals surface area contributed by atoms with Gasteiger partial charge in [-0.25, -0.2) is 4.68 Å². The summed E-state index contributed by atoms with van der Waals surface area (Å²) >= 11 is 0. The van der Waals surface area contributed by atoms with Crippen molar-refractivity contribution in [2.75, 3.05) is 19.6 Å². The molecule has 5 rings (SSSR count). The molecule has 2 aliphatic heterocycles. The van der Waals surface area contributed by atoms with Crippen molar-refractivity contribution in [1.82, 2.24) is 24.9 Å². The van der Waals surface area contributed by atoms with E-state index in [2.05, 4.69) is 22.9 Å². The fourth-order valence-electron chi connectivity index (χ4n) is 6.73. The van der Waals surface area contributed by atoms with E-state index < -0.39 is 10.9 Å². The molecule has 1 aromatic heterocycles. The first-order chi connectivity index (χ1) is 20.9. The Morgan fingerprint density at radius 1 is 1.11 bits per heavy atom. The van der Waals surface area contributed by atoms with E-state index in [1.165, 1.54) is 25.5 Å². The molecule has 2 aromatic rings. The predicted molar refractivity (Wildman–Crippen MR) is 178 cm³/mol. The minimum Gasteiger partial charge on any atom is -0.396 e. The molecular weight excluding hydrogens is 546 g/mol. The second-order valence-electron chi connectivity index (χ2n) is 13.5. The molecule has 2 bridgehead atoms. The van der Waals surface area contributed by atoms with Gasteiger partial charge in [-0.1, -0.05) is 51.8 Å². The average molecular weight is 592 g/mol. The molecule has 2 unspecified atom stereocenters. The molecule has 1 aliphatic carbocycles. The van der Waals surface area contributed by atoms with Crippen LogP contribution >= 0.6 is 0 Å². The van der Waals surface area contributed by atoms with Crippen LogP contribution in [0.15, 0.2) is 36.9 Å². The third-order valence-corrected chi connectivity index (χ3v) is 9.42. The number of amides is 1. The topological polar surface area (TPSA) is 97.5 Å². The van der Waals surface area contributed by atoms with Crippen molar-refractivity contribution >= 4 is 39.3 Å². The van der Waals surface area contributed by atoms with Gasteiger partial charge < -0.3 is 25.6 Å². The van der Waals surface area contributed by atoms with Gasteiger partial charge in [0.25, 0.3) is 0 Å². The van der Waals surface area contributed by atoms with Crippen LogP contribution in [0.4, 0.5) is 0 Å². The Labute approximate surface area is 265 Å². The van der Waals surface area contributed by atoms with Gasteiger partial charge in [0.05, 0.1) is 11.7 Å². The van der Waals surface area contributed by atoms with Crippen molar-refractivity contribution in [1.29, 1.82) is 5.41 Å². The first-order valence-corrected chi connectivity index (χ1v) is 16.1. The van der Waals surface area contributed by atoms with Gasteiger partial charge in [-0.3, -0.25) is 4.79 Å². The number of piperidine rings is 1. The molecular formula is C34H46B2N6O2. The highest BCUT2D eigenvalue weighted by atomic mass is 16.3. The van der Waals surface area contributed by atoms with E-state index in [0.29, 0.717) is 37.4 Å². The number of aryl methyl sites for hydroxylation is 1. The van der Waals surface area contributed by atoms with Crippen molar-refractivity contribution in [3.8, 4) is 0 Å². The fraction of sp³-hybridized carbons (Fsp3) is 0.559. The number of nitrogens with one attached hydrogen (secondary N) is 2. The Balaban J connectivity index is 1.65. The first-order valence-electron chi connectivity index (χ1n) is 16.1. The van der Waals surface area contributed by atoms with Crippen LogP contribution in [0.3, 0.4) is 0 Å². The van der Waals surface area contributed by atoms with Gasteiger partial charge in [0.2, 0.25) is 5.91 Å². The number of carbonyl (C=O) groups excluding carboxylic acids is 1. The van der Waals surface area contributed by atoms with E-state index in [9.17, 15) is 9.90 Å². The maximum atomic E-state index is 13.1. The Bertz CT molecular complexity index is 1420. The summed E-state index contributed by atoms with van der Waals surface area (Å²) in [5.74, 6) is 1.29. The van der Waals surface area contributed by atoms with Crippen LogP contribution in [0, 0.1) is 11.3 Å². The summed E-state index contributed by atoms with van der Waals surface area (Å²) in [7, 11) is 12.9. The minimum absolute atomic E-state index is 0.00399. The summed E-state index contributed by atoms with van der Waals surface area (Å²) in [4.78, 5) is 17.5. The monoisotopic (exact) mass is 592 g/mol. The van der Waals surface area contributed by atoms with E-state index in [4.69, 9.17) is 26.2 Å². The molecule has 3 N–H and O–H groups in total. The summed E-state index contributed by atoms with van der Waals surface area (Å²) in [6, 6.07) is 7.98. The Morgan fingerprint density at radius 3 is 2.55 bits per heavy atom. The zero-order valence-electron chi connectivity index (χ0n) is 26.6. The molecule has 230 valence electrons. The maximum absolute atomic E-state index is 13.1. The number of hydrogen-bond donors (Lipinski definition) is 3. The third kappa shape index (κ3) is 7.01. The normalized spacial score (nSPS) is 22.9. The van der Waals surface area contributed by atoms with Gasteiger partial charge in [0.15, 0.2) is 0 Å². The average Bonchev–Trinajstić information content (AvgIpc) is 3.36. The van der Waals surface area contributed by atoms with Crippen LogP contribution < -0.4 is 5.32 Å². The van der Waals surface area contributed by atoms with Crippen molar-refractivity contribution in [2.24, 2.45) is 5.92 Å². The minimum atomic E-state index is -1.50. The molecule has 1 aromatic carbocycles. The zero-order valence-corrected chi connectivity index (χ0v) is 26.6. The smallest absolute Gasteiger partial charge is 0.220 e. The number of hydrogen-bond acceptors (Lipinski definition) is 6. The highest BCUT2D eigenvalue weighted by Gasteiger charge is 2.33. The lowest BCUT2D eigenvalue weighted by Gasteiger charge is -2.40. The van der Waals surface area contributed by atoms with Gasteiger partial charge in [0, 0.05) is 54.7 Å². The number of aromatic nitrogens is 2. The molecule has 1 amide bonds. The lowest BCUT2D eigenvalue weighted by Crippen LogP contribution is -2.48. The second-order valence-corrected chi connectivity index (χ2v) is 13.5.